The Morgan fingerprint density at radius 2 is 2.08 bits per heavy atom. The lowest BCUT2D eigenvalue weighted by molar-refractivity contribution is -0.148. The molecule has 0 amide bonds. The molecule has 1 N–H and O–H groups in total. The van der Waals surface area contributed by atoms with E-state index in [4.69, 9.17) is 9.47 Å². The Balaban J connectivity index is 1.93. The van der Waals surface area contributed by atoms with Crippen LogP contribution in [0.25, 0.3) is 0 Å². The Bertz CT molecular complexity index is 601. The average Bonchev–Trinajstić information content (AvgIpc) is 3.39. The van der Waals surface area contributed by atoms with Crippen molar-refractivity contribution in [2.24, 2.45) is 5.92 Å². The Hall–Kier alpha value is -1.98. The molecule has 1 saturated heterocycles. The molecule has 3 atom stereocenters. The highest BCUT2D eigenvalue weighted by Gasteiger charge is 2.66. The molecule has 1 fully saturated rings. The number of ketones is 1. The number of methoxy groups -OCH3 is 1. The number of benzene rings is 1. The zero-order chi connectivity index (χ0) is 18.3. The zero-order valence-electron chi connectivity index (χ0n) is 15.0. The predicted molar refractivity (Wildman–Crippen MR) is 96.0 cm³/mol. The van der Waals surface area contributed by atoms with Crippen LogP contribution >= 0.6 is 0 Å². The molecule has 5 nitrogen and oxygen atoms in total. The molecule has 5 heteroatoms. The van der Waals surface area contributed by atoms with E-state index in [0.29, 0.717) is 32.5 Å². The molecule has 0 aliphatic carbocycles. The van der Waals surface area contributed by atoms with E-state index in [0.717, 1.165) is 5.56 Å². The molecule has 3 unspecified atom stereocenters. The number of esters is 1. The smallest absolute Gasteiger partial charge is 0.335 e. The van der Waals surface area contributed by atoms with Gasteiger partial charge in [-0.15, -0.1) is 6.58 Å². The number of ether oxygens (including phenoxy) is 2. The van der Waals surface area contributed by atoms with Crippen molar-refractivity contribution in [1.29, 1.82) is 0 Å². The first-order valence-electron chi connectivity index (χ1n) is 8.73. The fraction of sp³-hybridized carbons (Fsp3) is 0.500. The first kappa shape index (κ1) is 19.3. The molecule has 0 bridgehead atoms. The van der Waals surface area contributed by atoms with Gasteiger partial charge in [-0.3, -0.25) is 10.1 Å². The van der Waals surface area contributed by atoms with Crippen LogP contribution < -0.4 is 5.32 Å². The molecule has 2 rings (SSSR count). The summed E-state index contributed by atoms with van der Waals surface area (Å²) >= 11 is 0. The van der Waals surface area contributed by atoms with Crippen LogP contribution in [-0.2, 0) is 25.7 Å². The van der Waals surface area contributed by atoms with Crippen LogP contribution in [0.2, 0.25) is 0 Å². The molecule has 1 heterocycles. The van der Waals surface area contributed by atoms with Crippen LogP contribution in [-0.4, -0.2) is 37.0 Å². The molecule has 0 saturated carbocycles. The van der Waals surface area contributed by atoms with Gasteiger partial charge in [0.2, 0.25) is 0 Å². The molecule has 136 valence electrons. The van der Waals surface area contributed by atoms with Crippen molar-refractivity contribution in [2.75, 3.05) is 13.7 Å². The molecule has 25 heavy (non-hydrogen) atoms. The Morgan fingerprint density at radius 1 is 1.36 bits per heavy atom. The minimum Gasteiger partial charge on any atom is -0.467 e. The molecule has 1 aromatic rings. The first-order chi connectivity index (χ1) is 12.1. The summed E-state index contributed by atoms with van der Waals surface area (Å²) in [5, 5.41) is 3.04. The third-order valence-electron chi connectivity index (χ3n) is 4.69. The minimum atomic E-state index is -1.18. The van der Waals surface area contributed by atoms with E-state index in [1.54, 1.807) is 6.08 Å². The largest absolute Gasteiger partial charge is 0.467 e. The zero-order valence-corrected chi connectivity index (χ0v) is 15.0. The van der Waals surface area contributed by atoms with Crippen molar-refractivity contribution in [2.45, 2.75) is 44.4 Å². The number of allylic oxidation sites excluding steroid dienone is 1. The third kappa shape index (κ3) is 4.35. The summed E-state index contributed by atoms with van der Waals surface area (Å²) in [4.78, 5) is 25.2. The van der Waals surface area contributed by atoms with Gasteiger partial charge >= 0.3 is 5.97 Å². The number of Topliss-reactive ketones (excluding diaryl/α,β-unsaturated/α-hetero) is 1. The van der Waals surface area contributed by atoms with Gasteiger partial charge in [0.1, 0.15) is 0 Å². The summed E-state index contributed by atoms with van der Waals surface area (Å²) in [6, 6.07) is 9.74. The van der Waals surface area contributed by atoms with Gasteiger partial charge < -0.3 is 9.47 Å². The highest BCUT2D eigenvalue weighted by molar-refractivity contribution is 6.13. The van der Waals surface area contributed by atoms with E-state index in [-0.39, 0.29) is 17.7 Å². The van der Waals surface area contributed by atoms with Crippen molar-refractivity contribution < 1.29 is 19.1 Å². The van der Waals surface area contributed by atoms with Gasteiger partial charge in [-0.25, -0.2) is 4.79 Å². The van der Waals surface area contributed by atoms with Crippen LogP contribution in [0.5, 0.6) is 0 Å². The summed E-state index contributed by atoms with van der Waals surface area (Å²) in [5.74, 6) is -0.922. The van der Waals surface area contributed by atoms with Crippen molar-refractivity contribution in [1.82, 2.24) is 5.32 Å². The summed E-state index contributed by atoms with van der Waals surface area (Å²) in [6.45, 7) is 6.64. The van der Waals surface area contributed by atoms with Crippen LogP contribution in [0.15, 0.2) is 43.0 Å². The second kappa shape index (κ2) is 8.92. The maximum Gasteiger partial charge on any atom is 0.335 e. The maximum atomic E-state index is 13.0. The topological polar surface area (TPSA) is 74.5 Å². The van der Waals surface area contributed by atoms with Gasteiger partial charge in [0.15, 0.2) is 11.3 Å². The maximum absolute atomic E-state index is 13.0. The number of hydrogen-bond donors (Lipinski definition) is 1. The standard InChI is InChI=1S/C20H27NO4/c1-4-9-16(12-13-25-14-15-10-7-6-8-11-15)18(22)20(19(23)24-3)17(5-2)21-20/h4,6-8,10-11,16-17,21H,1,5,9,12-14H2,2-3H3. The van der Waals surface area contributed by atoms with Gasteiger partial charge in [-0.2, -0.15) is 0 Å². The second-order valence-electron chi connectivity index (χ2n) is 6.32. The van der Waals surface area contributed by atoms with E-state index in [1.807, 2.05) is 37.3 Å². The van der Waals surface area contributed by atoms with E-state index in [9.17, 15) is 9.59 Å². The van der Waals surface area contributed by atoms with Crippen molar-refractivity contribution >= 4 is 11.8 Å². The van der Waals surface area contributed by atoms with Crippen LogP contribution in [0, 0.1) is 5.92 Å². The monoisotopic (exact) mass is 345 g/mol. The lowest BCUT2D eigenvalue weighted by Crippen LogP contribution is -2.43. The van der Waals surface area contributed by atoms with Gasteiger partial charge in [-0.05, 0) is 24.8 Å². The summed E-state index contributed by atoms with van der Waals surface area (Å²) in [6.07, 6.45) is 3.49. The Labute approximate surface area is 149 Å². The third-order valence-corrected chi connectivity index (χ3v) is 4.69. The van der Waals surface area contributed by atoms with Gasteiger partial charge in [0, 0.05) is 18.6 Å². The molecule has 1 aliphatic heterocycles. The average molecular weight is 345 g/mol. The van der Waals surface area contributed by atoms with Crippen LogP contribution in [0.3, 0.4) is 0 Å². The van der Waals surface area contributed by atoms with Gasteiger partial charge in [-0.1, -0.05) is 43.3 Å². The summed E-state index contributed by atoms with van der Waals surface area (Å²) in [5.41, 5.74) is -0.0913. The van der Waals surface area contributed by atoms with E-state index in [2.05, 4.69) is 11.9 Å². The molecule has 0 spiro atoms. The van der Waals surface area contributed by atoms with Gasteiger partial charge in [0.25, 0.3) is 0 Å². The molecule has 1 aromatic carbocycles. The second-order valence-corrected chi connectivity index (χ2v) is 6.32. The summed E-state index contributed by atoms with van der Waals surface area (Å²) < 4.78 is 10.6. The Morgan fingerprint density at radius 3 is 2.64 bits per heavy atom. The predicted octanol–water partition coefficient (Wildman–Crippen LogP) is 2.65. The van der Waals surface area contributed by atoms with Gasteiger partial charge in [0.05, 0.1) is 13.7 Å². The number of nitrogens with one attached hydrogen (secondary N) is 1. The minimum absolute atomic E-state index is 0.116. The SMILES string of the molecule is C=CCC(CCOCc1ccccc1)C(=O)C1(C(=O)OC)NC1CC. The van der Waals surface area contributed by atoms with Crippen molar-refractivity contribution in [3.8, 4) is 0 Å². The quantitative estimate of drug-likeness (QED) is 0.219. The number of carbonyl (C=O) groups excluding carboxylic acids is 2. The lowest BCUT2D eigenvalue weighted by atomic mass is 9.85. The fourth-order valence-corrected chi connectivity index (χ4v) is 3.22. The number of carbonyl (C=O) groups is 2. The fourth-order valence-electron chi connectivity index (χ4n) is 3.22. The van der Waals surface area contributed by atoms with Crippen molar-refractivity contribution in [3.05, 3.63) is 48.6 Å². The Kier molecular flexibility index (Phi) is 6.91. The highest BCUT2D eigenvalue weighted by Crippen LogP contribution is 2.35. The van der Waals surface area contributed by atoms with Crippen LogP contribution in [0.4, 0.5) is 0 Å². The molecule has 1 aliphatic rings. The molecule has 0 aromatic heterocycles. The first-order valence-corrected chi connectivity index (χ1v) is 8.73. The highest BCUT2D eigenvalue weighted by atomic mass is 16.5. The van der Waals surface area contributed by atoms with E-state index >= 15 is 0 Å². The van der Waals surface area contributed by atoms with E-state index < -0.39 is 11.5 Å². The molecular formula is C20H27NO4. The molecular weight excluding hydrogens is 318 g/mol. The van der Waals surface area contributed by atoms with E-state index in [1.165, 1.54) is 7.11 Å². The number of rotatable bonds is 11. The van der Waals surface area contributed by atoms with Crippen LogP contribution in [0.1, 0.15) is 31.7 Å². The normalized spacial score (nSPS) is 22.9. The molecule has 0 radical (unpaired) electrons. The summed E-state index contributed by atoms with van der Waals surface area (Å²) in [7, 11) is 1.32. The van der Waals surface area contributed by atoms with Crippen molar-refractivity contribution in [3.63, 3.8) is 0 Å². The lowest BCUT2D eigenvalue weighted by Gasteiger charge is -2.19. The number of hydrogen-bond acceptors (Lipinski definition) is 5.